The van der Waals surface area contributed by atoms with E-state index in [9.17, 15) is 8.42 Å². The lowest BCUT2D eigenvalue weighted by molar-refractivity contribution is 0.304. The zero-order chi connectivity index (χ0) is 21.3. The number of hydrogen-bond acceptors (Lipinski definition) is 4. The molecule has 0 amide bonds. The van der Waals surface area contributed by atoms with E-state index < -0.39 is 10.0 Å². The molecule has 3 aromatic carbocycles. The molecule has 0 saturated carbocycles. The van der Waals surface area contributed by atoms with Gasteiger partial charge in [0.05, 0.1) is 13.4 Å². The highest BCUT2D eigenvalue weighted by atomic mass is 32.2. The van der Waals surface area contributed by atoms with Gasteiger partial charge < -0.3 is 9.47 Å². The Kier molecular flexibility index (Phi) is 5.26. The third kappa shape index (κ3) is 4.19. The van der Waals surface area contributed by atoms with Gasteiger partial charge in [0.2, 0.25) is 10.0 Å². The van der Waals surface area contributed by atoms with Gasteiger partial charge in [0.1, 0.15) is 18.1 Å². The van der Waals surface area contributed by atoms with Gasteiger partial charge >= 0.3 is 0 Å². The van der Waals surface area contributed by atoms with Crippen LogP contribution in [0.4, 0.5) is 5.69 Å². The third-order valence-electron chi connectivity index (χ3n) is 5.10. The van der Waals surface area contributed by atoms with Crippen LogP contribution in [0.3, 0.4) is 0 Å². The second kappa shape index (κ2) is 7.88. The standard InChI is InChI=1S/C24H23NO4S/c1-16(17-6-4-7-20(12-17)25-30(3,26)27)22-8-5-9-24-23(22)14-18-10-11-21(28-2)13-19(18)15-29-24/h4-14,25H,15H2,1-3H3/b22-16+. The van der Waals surface area contributed by atoms with Crippen molar-refractivity contribution in [2.24, 2.45) is 0 Å². The van der Waals surface area contributed by atoms with Crippen LogP contribution in [0.25, 0.3) is 11.6 Å². The molecule has 30 heavy (non-hydrogen) atoms. The molecule has 0 aliphatic carbocycles. The van der Waals surface area contributed by atoms with Crippen LogP contribution < -0.4 is 24.6 Å². The monoisotopic (exact) mass is 421 g/mol. The summed E-state index contributed by atoms with van der Waals surface area (Å²) >= 11 is 0. The normalized spacial score (nSPS) is 13.7. The molecule has 0 atom stereocenters. The number of ether oxygens (including phenoxy) is 2. The van der Waals surface area contributed by atoms with E-state index in [2.05, 4.69) is 16.9 Å². The number of sulfonamides is 1. The first-order valence-corrected chi connectivity index (χ1v) is 11.4. The van der Waals surface area contributed by atoms with Crippen molar-refractivity contribution < 1.29 is 17.9 Å². The fraction of sp³-hybridized carbons (Fsp3) is 0.167. The zero-order valence-corrected chi connectivity index (χ0v) is 17.9. The van der Waals surface area contributed by atoms with E-state index >= 15 is 0 Å². The molecule has 3 aromatic rings. The highest BCUT2D eigenvalue weighted by Crippen LogP contribution is 2.22. The lowest BCUT2D eigenvalue weighted by Crippen LogP contribution is -2.28. The number of fused-ring (bicyclic) bond motifs is 2. The smallest absolute Gasteiger partial charge is 0.229 e. The highest BCUT2D eigenvalue weighted by molar-refractivity contribution is 7.92. The lowest BCUT2D eigenvalue weighted by atomic mass is 10.0. The second-order valence-electron chi connectivity index (χ2n) is 7.30. The summed E-state index contributed by atoms with van der Waals surface area (Å²) in [5.41, 5.74) is 4.65. The van der Waals surface area contributed by atoms with Gasteiger partial charge in [0.25, 0.3) is 0 Å². The third-order valence-corrected chi connectivity index (χ3v) is 5.71. The largest absolute Gasteiger partial charge is 0.497 e. The van der Waals surface area contributed by atoms with E-state index in [0.29, 0.717) is 12.3 Å². The van der Waals surface area contributed by atoms with E-state index in [1.54, 1.807) is 13.2 Å². The van der Waals surface area contributed by atoms with Crippen molar-refractivity contribution in [3.63, 3.8) is 0 Å². The molecular weight excluding hydrogens is 398 g/mol. The summed E-state index contributed by atoms with van der Waals surface area (Å²) in [6, 6.07) is 19.4. The van der Waals surface area contributed by atoms with Gasteiger partial charge in [-0.25, -0.2) is 8.42 Å². The van der Waals surface area contributed by atoms with Crippen LogP contribution in [0, 0.1) is 0 Å². The van der Waals surface area contributed by atoms with Crippen LogP contribution in [0.2, 0.25) is 0 Å². The zero-order valence-electron chi connectivity index (χ0n) is 17.1. The Bertz CT molecular complexity index is 1340. The molecule has 0 spiro atoms. The first-order valence-electron chi connectivity index (χ1n) is 9.54. The van der Waals surface area contributed by atoms with E-state index in [1.165, 1.54) is 0 Å². The predicted molar refractivity (Wildman–Crippen MR) is 120 cm³/mol. The first kappa shape index (κ1) is 20.0. The molecule has 5 nitrogen and oxygen atoms in total. The Morgan fingerprint density at radius 2 is 1.87 bits per heavy atom. The number of methoxy groups -OCH3 is 1. The summed E-state index contributed by atoms with van der Waals surface area (Å²) < 4.78 is 37.2. The van der Waals surface area contributed by atoms with Crippen molar-refractivity contribution in [3.05, 3.63) is 87.8 Å². The van der Waals surface area contributed by atoms with Crippen molar-refractivity contribution in [1.29, 1.82) is 0 Å². The molecule has 0 aromatic heterocycles. The Morgan fingerprint density at radius 1 is 1.07 bits per heavy atom. The van der Waals surface area contributed by atoms with Crippen LogP contribution in [-0.2, 0) is 16.6 Å². The van der Waals surface area contributed by atoms with E-state index in [0.717, 1.165) is 50.5 Å². The van der Waals surface area contributed by atoms with Crippen LogP contribution in [0.5, 0.6) is 11.5 Å². The van der Waals surface area contributed by atoms with Crippen molar-refractivity contribution in [3.8, 4) is 11.5 Å². The summed E-state index contributed by atoms with van der Waals surface area (Å²) in [4.78, 5) is 0. The van der Waals surface area contributed by atoms with Gasteiger partial charge in [-0.15, -0.1) is 0 Å². The number of benzene rings is 3. The minimum atomic E-state index is -3.34. The van der Waals surface area contributed by atoms with Gasteiger partial charge in [-0.2, -0.15) is 0 Å². The summed E-state index contributed by atoms with van der Waals surface area (Å²) in [6.07, 6.45) is 3.28. The average molecular weight is 422 g/mol. The van der Waals surface area contributed by atoms with Crippen LogP contribution >= 0.6 is 0 Å². The summed E-state index contributed by atoms with van der Waals surface area (Å²) in [5.74, 6) is 1.61. The maximum absolute atomic E-state index is 11.6. The SMILES string of the molecule is COc1ccc2c(c1)COc1ccc/c(=C(/C)c3cccc(NS(C)(=O)=O)c3)c1=C2. The summed E-state index contributed by atoms with van der Waals surface area (Å²) in [7, 11) is -1.68. The van der Waals surface area contributed by atoms with E-state index in [1.807, 2.05) is 55.5 Å². The fourth-order valence-electron chi connectivity index (χ4n) is 3.62. The van der Waals surface area contributed by atoms with Gasteiger partial charge in [-0.05, 0) is 65.3 Å². The Labute approximate surface area is 176 Å². The molecule has 6 heteroatoms. The van der Waals surface area contributed by atoms with Gasteiger partial charge in [0.15, 0.2) is 0 Å². The average Bonchev–Trinajstić information content (AvgIpc) is 2.90. The summed E-state index contributed by atoms with van der Waals surface area (Å²) in [5, 5.41) is 2.04. The Hall–Kier alpha value is -3.25. The van der Waals surface area contributed by atoms with Gasteiger partial charge in [-0.3, -0.25) is 4.72 Å². The molecule has 154 valence electrons. The number of hydrogen-bond donors (Lipinski definition) is 1. The van der Waals surface area contributed by atoms with E-state index in [-0.39, 0.29) is 0 Å². The molecule has 0 bridgehead atoms. The lowest BCUT2D eigenvalue weighted by Gasteiger charge is -2.09. The molecule has 0 saturated heterocycles. The van der Waals surface area contributed by atoms with Gasteiger partial charge in [0, 0.05) is 16.5 Å². The van der Waals surface area contributed by atoms with Crippen LogP contribution in [0.1, 0.15) is 23.6 Å². The second-order valence-corrected chi connectivity index (χ2v) is 9.04. The van der Waals surface area contributed by atoms with Crippen molar-refractivity contribution >= 4 is 27.4 Å². The molecule has 0 fully saturated rings. The molecule has 1 N–H and O–H groups in total. The highest BCUT2D eigenvalue weighted by Gasteiger charge is 2.11. The van der Waals surface area contributed by atoms with E-state index in [4.69, 9.17) is 9.47 Å². The van der Waals surface area contributed by atoms with Crippen LogP contribution in [0.15, 0.2) is 60.7 Å². The van der Waals surface area contributed by atoms with Crippen LogP contribution in [-0.4, -0.2) is 21.8 Å². The minimum Gasteiger partial charge on any atom is -0.497 e. The van der Waals surface area contributed by atoms with Gasteiger partial charge in [-0.1, -0.05) is 30.3 Å². The number of nitrogens with one attached hydrogen (secondary N) is 1. The molecule has 4 rings (SSSR count). The topological polar surface area (TPSA) is 64.6 Å². The van der Waals surface area contributed by atoms with Crippen molar-refractivity contribution in [1.82, 2.24) is 0 Å². The molecular formula is C24H23NO4S. The minimum absolute atomic E-state index is 0.465. The fourth-order valence-corrected chi connectivity index (χ4v) is 4.17. The molecule has 1 aliphatic rings. The molecule has 0 unspecified atom stereocenters. The summed E-state index contributed by atoms with van der Waals surface area (Å²) in [6.45, 7) is 2.50. The maximum atomic E-state index is 11.6. The Morgan fingerprint density at radius 3 is 2.63 bits per heavy atom. The predicted octanol–water partition coefficient (Wildman–Crippen LogP) is 3.01. The Balaban J connectivity index is 1.90. The molecule has 1 heterocycles. The van der Waals surface area contributed by atoms with Crippen molar-refractivity contribution in [2.45, 2.75) is 13.5 Å². The number of anilines is 1. The first-order chi connectivity index (χ1) is 14.3. The maximum Gasteiger partial charge on any atom is 0.229 e. The molecule has 0 radical (unpaired) electrons. The quantitative estimate of drug-likeness (QED) is 0.703. The van der Waals surface area contributed by atoms with Crippen molar-refractivity contribution in [2.75, 3.05) is 18.1 Å². The molecule has 1 aliphatic heterocycles. The number of rotatable bonds is 4.